The molecule has 1 aromatic carbocycles. The van der Waals surface area contributed by atoms with Crippen molar-refractivity contribution in [3.05, 3.63) is 35.9 Å². The molecule has 0 aliphatic rings. The lowest BCUT2D eigenvalue weighted by atomic mass is 10.2. The van der Waals surface area contributed by atoms with Crippen LogP contribution in [0.2, 0.25) is 0 Å². The first-order chi connectivity index (χ1) is 8.76. The van der Waals surface area contributed by atoms with Gasteiger partial charge in [-0.25, -0.2) is 13.1 Å². The molecule has 19 heavy (non-hydrogen) atoms. The lowest BCUT2D eigenvalue weighted by molar-refractivity contribution is -0.139. The van der Waals surface area contributed by atoms with Gasteiger partial charge in [0.15, 0.2) is 0 Å². The van der Waals surface area contributed by atoms with E-state index in [0.717, 1.165) is 6.26 Å². The number of aliphatic carboxylic acids is 1. The summed E-state index contributed by atoms with van der Waals surface area (Å²) in [6, 6.07) is 9.27. The average molecular weight is 287 g/mol. The summed E-state index contributed by atoms with van der Waals surface area (Å²) in [4.78, 5) is 10.4. The molecule has 0 saturated heterocycles. The fourth-order valence-corrected chi connectivity index (χ4v) is 2.05. The molecule has 0 heterocycles. The summed E-state index contributed by atoms with van der Waals surface area (Å²) in [7, 11) is -3.42. The second kappa shape index (κ2) is 8.66. The molecule has 0 radical (unpaired) electrons. The molecular formula is C13H21NO4S. The van der Waals surface area contributed by atoms with Crippen LogP contribution in [-0.2, 0) is 14.8 Å². The minimum atomic E-state index is -3.42. The topological polar surface area (TPSA) is 83.5 Å². The normalized spacial score (nSPS) is 12.2. The van der Waals surface area contributed by atoms with Crippen LogP contribution in [0.15, 0.2) is 30.3 Å². The highest BCUT2D eigenvalue weighted by molar-refractivity contribution is 7.88. The van der Waals surface area contributed by atoms with Gasteiger partial charge in [-0.15, -0.1) is 0 Å². The molecule has 0 aliphatic carbocycles. The van der Waals surface area contributed by atoms with E-state index in [1.165, 1.54) is 5.56 Å². The van der Waals surface area contributed by atoms with Gasteiger partial charge in [0, 0.05) is 0 Å². The second-order valence-corrected chi connectivity index (χ2v) is 6.00. The van der Waals surface area contributed by atoms with Crippen molar-refractivity contribution >= 4 is 16.0 Å². The summed E-state index contributed by atoms with van der Waals surface area (Å²) in [5.41, 5.74) is 1.32. The maximum absolute atomic E-state index is 10.6. The van der Waals surface area contributed by atoms with Crippen molar-refractivity contribution in [3.8, 4) is 0 Å². The molecule has 1 unspecified atom stereocenters. The van der Waals surface area contributed by atoms with Crippen LogP contribution in [0.25, 0.3) is 0 Å². The van der Waals surface area contributed by atoms with Gasteiger partial charge in [0.05, 0.1) is 6.26 Å². The standard InChI is InChI=1S/C7H8.C6H13NO4S/c1-7-5-3-2-4-6-7;1-3-4-5(6(8)9)7-12(2,10)11/h2-6H,1H3;5,7H,3-4H2,1-2H3,(H,8,9). The fraction of sp³-hybridized carbons (Fsp3) is 0.462. The summed E-state index contributed by atoms with van der Waals surface area (Å²) in [6.07, 6.45) is 1.88. The Morgan fingerprint density at radius 2 is 1.84 bits per heavy atom. The summed E-state index contributed by atoms with van der Waals surface area (Å²) in [5.74, 6) is -1.14. The minimum Gasteiger partial charge on any atom is -0.480 e. The Morgan fingerprint density at radius 3 is 2.11 bits per heavy atom. The number of aryl methyl sites for hydroxylation is 1. The van der Waals surface area contributed by atoms with Crippen molar-refractivity contribution < 1.29 is 18.3 Å². The third kappa shape index (κ3) is 10.2. The van der Waals surface area contributed by atoms with Crippen LogP contribution in [-0.4, -0.2) is 31.8 Å². The molecule has 0 aromatic heterocycles. The predicted octanol–water partition coefficient (Wildman–Crippen LogP) is 1.78. The highest BCUT2D eigenvalue weighted by Crippen LogP contribution is 1.97. The average Bonchev–Trinajstić information content (AvgIpc) is 2.28. The Morgan fingerprint density at radius 1 is 1.32 bits per heavy atom. The third-order valence-corrected chi connectivity index (χ3v) is 2.88. The Kier molecular flexibility index (Phi) is 8.02. The van der Waals surface area contributed by atoms with Crippen LogP contribution in [0, 0.1) is 6.92 Å². The molecule has 0 spiro atoms. The van der Waals surface area contributed by atoms with E-state index in [0.29, 0.717) is 12.8 Å². The van der Waals surface area contributed by atoms with Crippen LogP contribution in [0.1, 0.15) is 25.3 Å². The molecule has 1 rings (SSSR count). The van der Waals surface area contributed by atoms with Crippen molar-refractivity contribution in [2.45, 2.75) is 32.7 Å². The van der Waals surface area contributed by atoms with Crippen molar-refractivity contribution in [1.29, 1.82) is 0 Å². The van der Waals surface area contributed by atoms with Crippen LogP contribution in [0.4, 0.5) is 0 Å². The Labute approximate surface area is 114 Å². The van der Waals surface area contributed by atoms with Gasteiger partial charge in [-0.3, -0.25) is 4.79 Å². The summed E-state index contributed by atoms with van der Waals surface area (Å²) < 4.78 is 23.3. The van der Waals surface area contributed by atoms with Crippen LogP contribution < -0.4 is 4.72 Å². The van der Waals surface area contributed by atoms with Gasteiger partial charge in [0.1, 0.15) is 6.04 Å². The molecule has 0 fully saturated rings. The second-order valence-electron chi connectivity index (χ2n) is 4.22. The van der Waals surface area contributed by atoms with E-state index in [4.69, 9.17) is 5.11 Å². The van der Waals surface area contributed by atoms with Crippen molar-refractivity contribution in [2.24, 2.45) is 0 Å². The molecule has 1 atom stereocenters. The quantitative estimate of drug-likeness (QED) is 0.864. The van der Waals surface area contributed by atoms with Crippen molar-refractivity contribution in [3.63, 3.8) is 0 Å². The number of benzene rings is 1. The van der Waals surface area contributed by atoms with Crippen molar-refractivity contribution in [1.82, 2.24) is 4.72 Å². The maximum atomic E-state index is 10.6. The van der Waals surface area contributed by atoms with Gasteiger partial charge in [-0.1, -0.05) is 49.2 Å². The Bertz CT molecular complexity index is 471. The van der Waals surface area contributed by atoms with Crippen LogP contribution in [0.3, 0.4) is 0 Å². The van der Waals surface area contributed by atoms with E-state index < -0.39 is 22.0 Å². The van der Waals surface area contributed by atoms with E-state index in [1.807, 2.05) is 22.9 Å². The van der Waals surface area contributed by atoms with Gasteiger partial charge >= 0.3 is 5.97 Å². The number of sulfonamides is 1. The zero-order valence-corrected chi connectivity index (χ0v) is 12.3. The highest BCUT2D eigenvalue weighted by atomic mass is 32.2. The van der Waals surface area contributed by atoms with Gasteiger partial charge < -0.3 is 5.11 Å². The van der Waals surface area contributed by atoms with Gasteiger partial charge in [-0.2, -0.15) is 0 Å². The van der Waals surface area contributed by atoms with Gasteiger partial charge in [0.2, 0.25) is 10.0 Å². The first-order valence-corrected chi connectivity index (χ1v) is 7.87. The molecule has 0 bridgehead atoms. The lowest BCUT2D eigenvalue weighted by Crippen LogP contribution is -2.39. The lowest BCUT2D eigenvalue weighted by Gasteiger charge is -2.10. The van der Waals surface area contributed by atoms with Gasteiger partial charge in [0.25, 0.3) is 0 Å². The number of carboxylic acids is 1. The van der Waals surface area contributed by atoms with Gasteiger partial charge in [-0.05, 0) is 13.3 Å². The number of nitrogens with one attached hydrogen (secondary N) is 1. The zero-order valence-electron chi connectivity index (χ0n) is 11.5. The predicted molar refractivity (Wildman–Crippen MR) is 75.5 cm³/mol. The molecule has 0 saturated carbocycles. The number of hydrogen-bond donors (Lipinski definition) is 2. The SMILES string of the molecule is CCCC(NS(C)(=O)=O)C(=O)O.Cc1ccccc1. The number of carbonyl (C=O) groups is 1. The van der Waals surface area contributed by atoms with Crippen molar-refractivity contribution in [2.75, 3.05) is 6.26 Å². The summed E-state index contributed by atoms with van der Waals surface area (Å²) in [5, 5.41) is 8.54. The monoisotopic (exact) mass is 287 g/mol. The first-order valence-electron chi connectivity index (χ1n) is 5.98. The number of hydrogen-bond acceptors (Lipinski definition) is 3. The van der Waals surface area contributed by atoms with E-state index >= 15 is 0 Å². The van der Waals surface area contributed by atoms with E-state index in [-0.39, 0.29) is 0 Å². The molecular weight excluding hydrogens is 266 g/mol. The fourth-order valence-electron chi connectivity index (χ4n) is 1.31. The third-order valence-electron chi connectivity index (χ3n) is 2.17. The highest BCUT2D eigenvalue weighted by Gasteiger charge is 2.19. The zero-order chi connectivity index (χ0) is 14.9. The summed E-state index contributed by atoms with van der Waals surface area (Å²) in [6.45, 7) is 3.87. The first kappa shape index (κ1) is 17.6. The molecule has 1 aromatic rings. The largest absolute Gasteiger partial charge is 0.480 e. The van der Waals surface area contributed by atoms with Crippen LogP contribution in [0.5, 0.6) is 0 Å². The van der Waals surface area contributed by atoms with E-state index in [1.54, 1.807) is 6.92 Å². The molecule has 5 nitrogen and oxygen atoms in total. The number of carboxylic acid groups (broad SMARTS) is 1. The van der Waals surface area contributed by atoms with Crippen LogP contribution >= 0.6 is 0 Å². The maximum Gasteiger partial charge on any atom is 0.321 e. The summed E-state index contributed by atoms with van der Waals surface area (Å²) >= 11 is 0. The Balaban J connectivity index is 0.000000388. The van der Waals surface area contributed by atoms with E-state index in [9.17, 15) is 13.2 Å². The number of rotatable bonds is 5. The molecule has 108 valence electrons. The Hall–Kier alpha value is -1.40. The molecule has 2 N–H and O–H groups in total. The molecule has 0 aliphatic heterocycles. The molecule has 6 heteroatoms. The van der Waals surface area contributed by atoms with E-state index in [2.05, 4.69) is 19.1 Å². The minimum absolute atomic E-state index is 0.308. The molecule has 0 amide bonds. The smallest absolute Gasteiger partial charge is 0.321 e.